The third kappa shape index (κ3) is 4.25. The Hall–Kier alpha value is -1.02. The van der Waals surface area contributed by atoms with Crippen molar-refractivity contribution in [3.05, 3.63) is 17.2 Å². The second-order valence-electron chi connectivity index (χ2n) is 5.32. The van der Waals surface area contributed by atoms with Crippen molar-refractivity contribution >= 4 is 27.3 Å². The van der Waals surface area contributed by atoms with Crippen LogP contribution in [0.2, 0.25) is 5.02 Å². The zero-order valence-electron chi connectivity index (χ0n) is 12.6. The molecule has 0 unspecified atom stereocenters. The van der Waals surface area contributed by atoms with Gasteiger partial charge in [-0.15, -0.1) is 0 Å². The van der Waals surface area contributed by atoms with Gasteiger partial charge in [-0.25, -0.2) is 13.1 Å². The first-order chi connectivity index (χ1) is 10.4. The van der Waals surface area contributed by atoms with Crippen molar-refractivity contribution in [3.63, 3.8) is 0 Å². The van der Waals surface area contributed by atoms with E-state index in [2.05, 4.69) is 9.62 Å². The lowest BCUT2D eigenvalue weighted by atomic mass is 10.1. The first-order valence-corrected chi connectivity index (χ1v) is 9.15. The third-order valence-electron chi connectivity index (χ3n) is 3.74. The molecule has 0 bridgehead atoms. The van der Waals surface area contributed by atoms with E-state index in [-0.39, 0.29) is 21.4 Å². The van der Waals surface area contributed by atoms with Crippen molar-refractivity contribution in [2.45, 2.75) is 24.2 Å². The fourth-order valence-electron chi connectivity index (χ4n) is 2.52. The molecule has 1 aliphatic rings. The summed E-state index contributed by atoms with van der Waals surface area (Å²) in [6.45, 7) is 3.11. The number of sulfonamides is 1. The first kappa shape index (κ1) is 17.3. The van der Waals surface area contributed by atoms with Crippen LogP contribution in [0.3, 0.4) is 0 Å². The topological polar surface area (TPSA) is 84.7 Å². The standard InChI is InChI=1S/C14H22ClN3O3S/c1-21-13-10-12(16)11(15)9-14(13)22(19,20)17-5-8-18-6-3-2-4-7-18/h9-10,17H,2-8,16H2,1H3. The molecule has 6 nitrogen and oxygen atoms in total. The number of nitrogens with zero attached hydrogens (tertiary/aromatic N) is 1. The molecule has 3 N–H and O–H groups in total. The van der Waals surface area contributed by atoms with E-state index in [4.69, 9.17) is 22.1 Å². The fraction of sp³-hybridized carbons (Fsp3) is 0.571. The minimum absolute atomic E-state index is 0.00726. The molecule has 8 heteroatoms. The Labute approximate surface area is 136 Å². The van der Waals surface area contributed by atoms with Crippen LogP contribution in [0.25, 0.3) is 0 Å². The van der Waals surface area contributed by atoms with Crippen LogP contribution in [0.4, 0.5) is 5.69 Å². The molecule has 1 aromatic rings. The van der Waals surface area contributed by atoms with Gasteiger partial charge in [0.25, 0.3) is 0 Å². The zero-order valence-corrected chi connectivity index (χ0v) is 14.2. The Morgan fingerprint density at radius 1 is 1.32 bits per heavy atom. The highest BCUT2D eigenvalue weighted by atomic mass is 35.5. The molecule has 0 aromatic heterocycles. The normalized spacial score (nSPS) is 16.6. The lowest BCUT2D eigenvalue weighted by molar-refractivity contribution is 0.232. The molecular formula is C14H22ClN3O3S. The predicted octanol–water partition coefficient (Wildman–Crippen LogP) is 1.69. The van der Waals surface area contributed by atoms with E-state index in [1.165, 1.54) is 38.5 Å². The molecule has 1 aromatic carbocycles. The Morgan fingerprint density at radius 2 is 2.00 bits per heavy atom. The maximum absolute atomic E-state index is 12.4. The number of benzene rings is 1. The van der Waals surface area contributed by atoms with Gasteiger partial charge in [-0.2, -0.15) is 0 Å². The van der Waals surface area contributed by atoms with Crippen molar-refractivity contribution in [1.29, 1.82) is 0 Å². The molecule has 0 saturated carbocycles. The first-order valence-electron chi connectivity index (χ1n) is 7.29. The van der Waals surface area contributed by atoms with Crippen LogP contribution in [-0.4, -0.2) is 46.6 Å². The highest BCUT2D eigenvalue weighted by Gasteiger charge is 2.21. The van der Waals surface area contributed by atoms with Gasteiger partial charge in [0.2, 0.25) is 10.0 Å². The summed E-state index contributed by atoms with van der Waals surface area (Å²) in [5.41, 5.74) is 5.96. The van der Waals surface area contributed by atoms with Gasteiger partial charge < -0.3 is 15.4 Å². The number of anilines is 1. The average molecular weight is 348 g/mol. The molecule has 0 aliphatic carbocycles. The minimum Gasteiger partial charge on any atom is -0.495 e. The molecule has 1 fully saturated rings. The molecule has 2 rings (SSSR count). The third-order valence-corrected chi connectivity index (χ3v) is 5.55. The highest BCUT2D eigenvalue weighted by molar-refractivity contribution is 7.89. The molecule has 124 valence electrons. The van der Waals surface area contributed by atoms with Gasteiger partial charge in [0.15, 0.2) is 0 Å². The van der Waals surface area contributed by atoms with Crippen molar-refractivity contribution in [1.82, 2.24) is 9.62 Å². The fourth-order valence-corrected chi connectivity index (χ4v) is 3.94. The van der Waals surface area contributed by atoms with Gasteiger partial charge in [-0.1, -0.05) is 18.0 Å². The number of likely N-dealkylation sites (tertiary alicyclic amines) is 1. The van der Waals surface area contributed by atoms with Gasteiger partial charge in [-0.3, -0.25) is 0 Å². The smallest absolute Gasteiger partial charge is 0.244 e. The monoisotopic (exact) mass is 347 g/mol. The van der Waals surface area contributed by atoms with Crippen molar-refractivity contribution < 1.29 is 13.2 Å². The van der Waals surface area contributed by atoms with E-state index < -0.39 is 10.0 Å². The van der Waals surface area contributed by atoms with Gasteiger partial charge in [0, 0.05) is 19.2 Å². The summed E-state index contributed by atoms with van der Waals surface area (Å²) >= 11 is 5.92. The maximum Gasteiger partial charge on any atom is 0.244 e. The van der Waals surface area contributed by atoms with Gasteiger partial charge in [-0.05, 0) is 32.0 Å². The molecule has 1 aliphatic heterocycles. The molecular weight excluding hydrogens is 326 g/mol. The second kappa shape index (κ2) is 7.50. The lowest BCUT2D eigenvalue weighted by Crippen LogP contribution is -2.37. The predicted molar refractivity (Wildman–Crippen MR) is 87.9 cm³/mol. The highest BCUT2D eigenvalue weighted by Crippen LogP contribution is 2.31. The summed E-state index contributed by atoms with van der Waals surface area (Å²) in [5.74, 6) is 0.187. The second-order valence-corrected chi connectivity index (χ2v) is 7.47. The molecule has 22 heavy (non-hydrogen) atoms. The van der Waals surface area contributed by atoms with E-state index >= 15 is 0 Å². The van der Waals surface area contributed by atoms with Gasteiger partial charge in [0.1, 0.15) is 10.6 Å². The number of nitrogens with two attached hydrogens (primary N) is 1. The molecule has 0 radical (unpaired) electrons. The van der Waals surface area contributed by atoms with Gasteiger partial charge in [0.05, 0.1) is 17.8 Å². The van der Waals surface area contributed by atoms with Crippen molar-refractivity contribution in [2.75, 3.05) is 39.0 Å². The van der Waals surface area contributed by atoms with Crippen molar-refractivity contribution in [2.24, 2.45) is 0 Å². The summed E-state index contributed by atoms with van der Waals surface area (Å²) in [7, 11) is -2.29. The average Bonchev–Trinajstić information content (AvgIpc) is 2.50. The number of hydrogen-bond acceptors (Lipinski definition) is 5. The number of hydrogen-bond donors (Lipinski definition) is 2. The molecule has 1 saturated heterocycles. The number of nitrogen functional groups attached to an aromatic ring is 1. The number of ether oxygens (including phenoxy) is 1. The molecule has 1 heterocycles. The van der Waals surface area contributed by atoms with Crippen molar-refractivity contribution in [3.8, 4) is 5.75 Å². The Morgan fingerprint density at radius 3 is 2.64 bits per heavy atom. The summed E-state index contributed by atoms with van der Waals surface area (Å²) in [6, 6.07) is 2.74. The summed E-state index contributed by atoms with van der Waals surface area (Å²) in [5, 5.41) is 0.192. The van der Waals surface area contributed by atoms with E-state index in [9.17, 15) is 8.42 Å². The van der Waals surface area contributed by atoms with Crippen LogP contribution in [0.5, 0.6) is 5.75 Å². The van der Waals surface area contributed by atoms with Crippen LogP contribution in [0.1, 0.15) is 19.3 Å². The van der Waals surface area contributed by atoms with E-state index in [1.807, 2.05) is 0 Å². The number of methoxy groups -OCH3 is 1. The summed E-state index contributed by atoms with van der Waals surface area (Å²) in [4.78, 5) is 2.27. The quantitative estimate of drug-likeness (QED) is 0.765. The molecule has 0 amide bonds. The Balaban J connectivity index is 2.04. The van der Waals surface area contributed by atoms with Crippen LogP contribution in [0, 0.1) is 0 Å². The summed E-state index contributed by atoms with van der Waals surface area (Å²) in [6.07, 6.45) is 3.60. The largest absolute Gasteiger partial charge is 0.495 e. The lowest BCUT2D eigenvalue weighted by Gasteiger charge is -2.26. The van der Waals surface area contributed by atoms with Gasteiger partial charge >= 0.3 is 0 Å². The number of piperidine rings is 1. The Kier molecular flexibility index (Phi) is 5.91. The number of rotatable bonds is 6. The Bertz CT molecular complexity index is 616. The van der Waals surface area contributed by atoms with Crippen LogP contribution >= 0.6 is 11.6 Å². The SMILES string of the molecule is COc1cc(N)c(Cl)cc1S(=O)(=O)NCCN1CCCCC1. The number of halogens is 1. The minimum atomic E-state index is -3.68. The molecule has 0 spiro atoms. The van der Waals surface area contributed by atoms with E-state index in [1.54, 1.807) is 0 Å². The van der Waals surface area contributed by atoms with Crippen LogP contribution < -0.4 is 15.2 Å². The van der Waals surface area contributed by atoms with Crippen LogP contribution in [-0.2, 0) is 10.0 Å². The zero-order chi connectivity index (χ0) is 16.2. The van der Waals surface area contributed by atoms with E-state index in [0.29, 0.717) is 13.1 Å². The number of nitrogens with one attached hydrogen (secondary N) is 1. The van der Waals surface area contributed by atoms with Crippen LogP contribution in [0.15, 0.2) is 17.0 Å². The maximum atomic E-state index is 12.4. The molecule has 0 atom stereocenters. The van der Waals surface area contributed by atoms with E-state index in [0.717, 1.165) is 13.1 Å². The summed E-state index contributed by atoms with van der Waals surface area (Å²) < 4.78 is 32.5.